The van der Waals surface area contributed by atoms with Crippen LogP contribution in [0.1, 0.15) is 0 Å². The number of nitro groups is 1. The number of hydrogen-bond acceptors (Lipinski definition) is 4. The van der Waals surface area contributed by atoms with Gasteiger partial charge in [-0.05, 0) is 19.2 Å². The quantitative estimate of drug-likeness (QED) is 0.507. The van der Waals surface area contributed by atoms with E-state index < -0.39 is 4.92 Å². The largest absolute Gasteiger partial charge is 0.485 e. The Morgan fingerprint density at radius 3 is 2.93 bits per heavy atom. The van der Waals surface area contributed by atoms with Gasteiger partial charge in [0.15, 0.2) is 5.75 Å². The lowest BCUT2D eigenvalue weighted by Crippen LogP contribution is -2.16. The smallest absolute Gasteiger partial charge is 0.312 e. The molecule has 1 rings (SSSR count). The molecule has 0 fully saturated rings. The van der Waals surface area contributed by atoms with Crippen molar-refractivity contribution >= 4 is 21.6 Å². The number of hydrogen-bond donors (Lipinski definition) is 1. The van der Waals surface area contributed by atoms with E-state index in [0.717, 1.165) is 0 Å². The SMILES string of the molecule is CNCCOc1ccc(Br)cc1[N+](=O)[O-]. The average molecular weight is 275 g/mol. The molecule has 0 amide bonds. The molecule has 1 aromatic carbocycles. The second-order valence-corrected chi connectivity index (χ2v) is 3.74. The zero-order chi connectivity index (χ0) is 11.3. The molecular weight excluding hydrogens is 264 g/mol. The summed E-state index contributed by atoms with van der Waals surface area (Å²) in [5.74, 6) is 0.290. The number of halogens is 1. The number of likely N-dealkylation sites (N-methyl/N-ethyl adjacent to an activating group) is 1. The zero-order valence-electron chi connectivity index (χ0n) is 8.20. The van der Waals surface area contributed by atoms with Crippen molar-refractivity contribution in [2.75, 3.05) is 20.2 Å². The van der Waals surface area contributed by atoms with Crippen molar-refractivity contribution in [3.8, 4) is 5.75 Å². The van der Waals surface area contributed by atoms with E-state index >= 15 is 0 Å². The van der Waals surface area contributed by atoms with E-state index in [4.69, 9.17) is 4.74 Å². The molecule has 0 atom stereocenters. The van der Waals surface area contributed by atoms with Gasteiger partial charge in [-0.1, -0.05) is 15.9 Å². The molecule has 15 heavy (non-hydrogen) atoms. The highest BCUT2D eigenvalue weighted by molar-refractivity contribution is 9.10. The summed E-state index contributed by atoms with van der Waals surface area (Å²) in [7, 11) is 1.79. The topological polar surface area (TPSA) is 64.4 Å². The van der Waals surface area contributed by atoms with Crippen LogP contribution in [-0.2, 0) is 0 Å². The van der Waals surface area contributed by atoms with Gasteiger partial charge in [-0.3, -0.25) is 10.1 Å². The number of rotatable bonds is 5. The van der Waals surface area contributed by atoms with Crippen LogP contribution < -0.4 is 10.1 Å². The molecule has 1 aromatic rings. The fraction of sp³-hybridized carbons (Fsp3) is 0.333. The number of nitrogens with one attached hydrogen (secondary N) is 1. The fourth-order valence-corrected chi connectivity index (χ4v) is 1.37. The Kier molecular flexibility index (Phi) is 4.51. The highest BCUT2D eigenvalue weighted by Crippen LogP contribution is 2.29. The van der Waals surface area contributed by atoms with E-state index in [2.05, 4.69) is 21.2 Å². The maximum atomic E-state index is 10.7. The summed E-state index contributed by atoms with van der Waals surface area (Å²) in [6, 6.07) is 4.72. The summed E-state index contributed by atoms with van der Waals surface area (Å²) in [6.45, 7) is 1.05. The van der Waals surface area contributed by atoms with Gasteiger partial charge in [0, 0.05) is 17.1 Å². The summed E-state index contributed by atoms with van der Waals surface area (Å²) < 4.78 is 5.93. The Balaban J connectivity index is 2.81. The van der Waals surface area contributed by atoms with Crippen LogP contribution in [0.15, 0.2) is 22.7 Å². The molecule has 0 aliphatic carbocycles. The lowest BCUT2D eigenvalue weighted by atomic mass is 10.3. The average Bonchev–Trinajstić information content (AvgIpc) is 2.20. The van der Waals surface area contributed by atoms with Gasteiger partial charge >= 0.3 is 5.69 Å². The monoisotopic (exact) mass is 274 g/mol. The van der Waals surface area contributed by atoms with E-state index in [1.54, 1.807) is 19.2 Å². The highest BCUT2D eigenvalue weighted by Gasteiger charge is 2.14. The molecule has 0 radical (unpaired) electrons. The Bertz CT molecular complexity index is 357. The predicted molar refractivity (Wildman–Crippen MR) is 60.2 cm³/mol. The van der Waals surface area contributed by atoms with Crippen molar-refractivity contribution in [2.45, 2.75) is 0 Å². The van der Waals surface area contributed by atoms with Gasteiger partial charge in [0.1, 0.15) is 6.61 Å². The Labute approximate surface area is 95.7 Å². The molecule has 0 unspecified atom stereocenters. The minimum Gasteiger partial charge on any atom is -0.485 e. The minimum atomic E-state index is -0.459. The van der Waals surface area contributed by atoms with E-state index in [-0.39, 0.29) is 5.69 Å². The van der Waals surface area contributed by atoms with Gasteiger partial charge in [0.25, 0.3) is 0 Å². The molecule has 0 saturated carbocycles. The predicted octanol–water partition coefficient (Wildman–Crippen LogP) is 1.96. The molecular formula is C9H11BrN2O3. The van der Waals surface area contributed by atoms with Crippen molar-refractivity contribution in [1.82, 2.24) is 5.32 Å². The fourth-order valence-electron chi connectivity index (χ4n) is 1.02. The third-order valence-electron chi connectivity index (χ3n) is 1.73. The summed E-state index contributed by atoms with van der Waals surface area (Å²) in [4.78, 5) is 10.2. The standard InChI is InChI=1S/C9H11BrN2O3/c1-11-4-5-15-9-3-2-7(10)6-8(9)12(13)14/h2-3,6,11H,4-5H2,1H3. The normalized spacial score (nSPS) is 10.0. The van der Waals surface area contributed by atoms with Crippen molar-refractivity contribution < 1.29 is 9.66 Å². The van der Waals surface area contributed by atoms with Crippen LogP contribution in [0.4, 0.5) is 5.69 Å². The maximum absolute atomic E-state index is 10.7. The van der Waals surface area contributed by atoms with Crippen LogP contribution >= 0.6 is 15.9 Å². The maximum Gasteiger partial charge on any atom is 0.312 e. The number of ether oxygens (including phenoxy) is 1. The van der Waals surface area contributed by atoms with Gasteiger partial charge in [-0.15, -0.1) is 0 Å². The van der Waals surface area contributed by atoms with Crippen LogP contribution in [0, 0.1) is 10.1 Å². The second kappa shape index (κ2) is 5.67. The second-order valence-electron chi connectivity index (χ2n) is 2.82. The summed E-state index contributed by atoms with van der Waals surface area (Å²) in [5.41, 5.74) is -0.0273. The Morgan fingerprint density at radius 1 is 1.60 bits per heavy atom. The van der Waals surface area contributed by atoms with Gasteiger partial charge in [-0.25, -0.2) is 0 Å². The molecule has 0 bridgehead atoms. The highest BCUT2D eigenvalue weighted by atomic mass is 79.9. The van der Waals surface area contributed by atoms with Crippen LogP contribution in [0.5, 0.6) is 5.75 Å². The van der Waals surface area contributed by atoms with Crippen LogP contribution in [0.3, 0.4) is 0 Å². The number of nitrogens with zero attached hydrogens (tertiary/aromatic N) is 1. The van der Waals surface area contributed by atoms with Gasteiger partial charge in [0.2, 0.25) is 0 Å². The van der Waals surface area contributed by atoms with E-state index in [1.165, 1.54) is 6.07 Å². The molecule has 0 saturated heterocycles. The number of benzene rings is 1. The first kappa shape index (κ1) is 11.9. The summed E-state index contributed by atoms with van der Waals surface area (Å²) in [5, 5.41) is 13.6. The summed E-state index contributed by atoms with van der Waals surface area (Å²) >= 11 is 3.17. The molecule has 0 aliphatic rings. The molecule has 0 aromatic heterocycles. The van der Waals surface area contributed by atoms with E-state index in [0.29, 0.717) is 23.4 Å². The molecule has 0 heterocycles. The van der Waals surface area contributed by atoms with Crippen LogP contribution in [0.2, 0.25) is 0 Å². The molecule has 0 aliphatic heterocycles. The lowest BCUT2D eigenvalue weighted by Gasteiger charge is -2.06. The van der Waals surface area contributed by atoms with Crippen molar-refractivity contribution in [3.63, 3.8) is 0 Å². The molecule has 5 nitrogen and oxygen atoms in total. The Hall–Kier alpha value is -1.14. The van der Waals surface area contributed by atoms with Crippen LogP contribution in [0.25, 0.3) is 0 Å². The number of nitro benzene ring substituents is 1. The first-order chi connectivity index (χ1) is 7.15. The first-order valence-corrected chi connectivity index (χ1v) is 5.16. The third-order valence-corrected chi connectivity index (χ3v) is 2.22. The van der Waals surface area contributed by atoms with Gasteiger partial charge < -0.3 is 10.1 Å². The zero-order valence-corrected chi connectivity index (χ0v) is 9.78. The lowest BCUT2D eigenvalue weighted by molar-refractivity contribution is -0.385. The molecule has 0 spiro atoms. The van der Waals surface area contributed by atoms with E-state index in [9.17, 15) is 10.1 Å². The summed E-state index contributed by atoms with van der Waals surface area (Å²) in [6.07, 6.45) is 0. The molecule has 6 heteroatoms. The molecule has 82 valence electrons. The van der Waals surface area contributed by atoms with Crippen molar-refractivity contribution in [3.05, 3.63) is 32.8 Å². The van der Waals surface area contributed by atoms with Gasteiger partial charge in [0.05, 0.1) is 4.92 Å². The third kappa shape index (κ3) is 3.49. The van der Waals surface area contributed by atoms with E-state index in [1.807, 2.05) is 0 Å². The first-order valence-electron chi connectivity index (χ1n) is 4.36. The minimum absolute atomic E-state index is 0.0273. The molecule has 1 N–H and O–H groups in total. The van der Waals surface area contributed by atoms with Crippen molar-refractivity contribution in [2.24, 2.45) is 0 Å². The van der Waals surface area contributed by atoms with Crippen LogP contribution in [-0.4, -0.2) is 25.1 Å². The van der Waals surface area contributed by atoms with Crippen molar-refractivity contribution in [1.29, 1.82) is 0 Å². The van der Waals surface area contributed by atoms with Gasteiger partial charge in [-0.2, -0.15) is 0 Å². The Morgan fingerprint density at radius 2 is 2.33 bits per heavy atom.